The van der Waals surface area contributed by atoms with Gasteiger partial charge in [0.25, 0.3) is 0 Å². The zero-order chi connectivity index (χ0) is 15.1. The molecule has 2 rings (SSSR count). The van der Waals surface area contributed by atoms with Crippen LogP contribution < -0.4 is 10.1 Å². The lowest BCUT2D eigenvalue weighted by Gasteiger charge is -2.13. The lowest BCUT2D eigenvalue weighted by molar-refractivity contribution is -0.139. The van der Waals surface area contributed by atoms with E-state index >= 15 is 0 Å². The van der Waals surface area contributed by atoms with Crippen molar-refractivity contribution in [3.63, 3.8) is 0 Å². The molecule has 0 fully saturated rings. The summed E-state index contributed by atoms with van der Waals surface area (Å²) in [5.41, 5.74) is 1.80. The quantitative estimate of drug-likeness (QED) is 0.789. The number of nitrogens with one attached hydrogen (secondary N) is 1. The highest BCUT2D eigenvalue weighted by atomic mass is 16.5. The standard InChI is InChI=1S/C16H19NO4/c18-15(9-12-5-2-1-3-6-12)17-13-7-4-8-14(10-13)21-11-16(19)20/h4-5,7-8,10H,1-3,6,9,11H2,(H,17,18)(H,19,20). The minimum absolute atomic E-state index is 0.0569. The summed E-state index contributed by atoms with van der Waals surface area (Å²) in [6, 6.07) is 6.74. The number of anilines is 1. The number of rotatable bonds is 6. The van der Waals surface area contributed by atoms with Gasteiger partial charge >= 0.3 is 5.97 Å². The molecule has 0 heterocycles. The first kappa shape index (κ1) is 15.1. The Labute approximate surface area is 123 Å². The van der Waals surface area contributed by atoms with Crippen LogP contribution in [0.3, 0.4) is 0 Å². The molecule has 112 valence electrons. The molecule has 0 radical (unpaired) electrons. The molecule has 0 atom stereocenters. The number of amides is 1. The Bertz CT molecular complexity index is 551. The summed E-state index contributed by atoms with van der Waals surface area (Å²) in [7, 11) is 0. The third-order valence-electron chi connectivity index (χ3n) is 3.25. The summed E-state index contributed by atoms with van der Waals surface area (Å²) in [4.78, 5) is 22.4. The normalized spacial score (nSPS) is 14.2. The first-order chi connectivity index (χ1) is 10.1. The van der Waals surface area contributed by atoms with Crippen LogP contribution in [-0.2, 0) is 9.59 Å². The maximum Gasteiger partial charge on any atom is 0.341 e. The summed E-state index contributed by atoms with van der Waals surface area (Å²) in [6.45, 7) is -0.399. The van der Waals surface area contributed by atoms with Crippen molar-refractivity contribution in [2.75, 3.05) is 11.9 Å². The molecule has 21 heavy (non-hydrogen) atoms. The van der Waals surface area contributed by atoms with Crippen molar-refractivity contribution >= 4 is 17.6 Å². The lowest BCUT2D eigenvalue weighted by Crippen LogP contribution is -2.13. The van der Waals surface area contributed by atoms with E-state index in [1.54, 1.807) is 24.3 Å². The summed E-state index contributed by atoms with van der Waals surface area (Å²) in [5, 5.41) is 11.4. The molecule has 5 heteroatoms. The molecule has 0 saturated heterocycles. The Morgan fingerprint density at radius 1 is 1.29 bits per heavy atom. The first-order valence-corrected chi connectivity index (χ1v) is 7.06. The molecule has 0 bridgehead atoms. The summed E-state index contributed by atoms with van der Waals surface area (Å²) < 4.78 is 5.08. The average Bonchev–Trinajstić information content (AvgIpc) is 2.46. The molecule has 1 aromatic rings. The van der Waals surface area contributed by atoms with Crippen LogP contribution in [0.5, 0.6) is 5.75 Å². The molecule has 0 saturated carbocycles. The van der Waals surface area contributed by atoms with Gasteiger partial charge in [-0.3, -0.25) is 4.79 Å². The fourth-order valence-electron chi connectivity index (χ4n) is 2.29. The van der Waals surface area contributed by atoms with Gasteiger partial charge in [-0.15, -0.1) is 0 Å². The third-order valence-corrected chi connectivity index (χ3v) is 3.25. The van der Waals surface area contributed by atoms with Gasteiger partial charge in [0.05, 0.1) is 0 Å². The predicted molar refractivity (Wildman–Crippen MR) is 79.4 cm³/mol. The van der Waals surface area contributed by atoms with Gasteiger partial charge in [-0.05, 0) is 37.8 Å². The summed E-state index contributed by atoms with van der Waals surface area (Å²) >= 11 is 0. The van der Waals surface area contributed by atoms with E-state index in [-0.39, 0.29) is 5.91 Å². The van der Waals surface area contributed by atoms with Crippen molar-refractivity contribution in [3.8, 4) is 5.75 Å². The van der Waals surface area contributed by atoms with E-state index in [4.69, 9.17) is 9.84 Å². The number of aliphatic carboxylic acids is 1. The van der Waals surface area contributed by atoms with Crippen LogP contribution >= 0.6 is 0 Å². The van der Waals surface area contributed by atoms with E-state index < -0.39 is 12.6 Å². The SMILES string of the molecule is O=C(O)COc1cccc(NC(=O)CC2=CCCCC2)c1. The fraction of sp³-hybridized carbons (Fsp3) is 0.375. The van der Waals surface area contributed by atoms with Crippen LogP contribution in [0, 0.1) is 0 Å². The Kier molecular flexibility index (Phi) is 5.37. The molecule has 0 aromatic heterocycles. The van der Waals surface area contributed by atoms with Gasteiger partial charge in [-0.25, -0.2) is 4.79 Å². The summed E-state index contributed by atoms with van der Waals surface area (Å²) in [6.07, 6.45) is 6.97. The molecule has 1 amide bonds. The molecule has 1 aromatic carbocycles. The van der Waals surface area contributed by atoms with Gasteiger partial charge in [0.2, 0.25) is 5.91 Å². The van der Waals surface area contributed by atoms with Crippen molar-refractivity contribution in [2.24, 2.45) is 0 Å². The molecule has 0 spiro atoms. The highest BCUT2D eigenvalue weighted by Gasteiger charge is 2.09. The minimum Gasteiger partial charge on any atom is -0.482 e. The van der Waals surface area contributed by atoms with E-state index in [9.17, 15) is 9.59 Å². The second-order valence-electron chi connectivity index (χ2n) is 5.04. The molecule has 1 aliphatic rings. The smallest absolute Gasteiger partial charge is 0.341 e. The topological polar surface area (TPSA) is 75.6 Å². The monoisotopic (exact) mass is 289 g/mol. The van der Waals surface area contributed by atoms with E-state index in [0.29, 0.717) is 17.9 Å². The van der Waals surface area contributed by atoms with Crippen LogP contribution in [0.15, 0.2) is 35.9 Å². The number of hydrogen-bond acceptors (Lipinski definition) is 3. The van der Waals surface area contributed by atoms with Crippen molar-refractivity contribution in [2.45, 2.75) is 32.1 Å². The van der Waals surface area contributed by atoms with E-state index in [1.165, 1.54) is 12.0 Å². The van der Waals surface area contributed by atoms with Crippen LogP contribution in [0.2, 0.25) is 0 Å². The van der Waals surface area contributed by atoms with Crippen molar-refractivity contribution in [3.05, 3.63) is 35.9 Å². The number of carboxylic acid groups (broad SMARTS) is 1. The number of carbonyl (C=O) groups is 2. The zero-order valence-corrected chi connectivity index (χ0v) is 11.8. The second-order valence-corrected chi connectivity index (χ2v) is 5.04. The van der Waals surface area contributed by atoms with Crippen LogP contribution in [0.1, 0.15) is 32.1 Å². The van der Waals surface area contributed by atoms with Crippen LogP contribution in [0.25, 0.3) is 0 Å². The highest BCUT2D eigenvalue weighted by molar-refractivity contribution is 5.92. The van der Waals surface area contributed by atoms with Gasteiger partial charge < -0.3 is 15.2 Å². The number of allylic oxidation sites excluding steroid dienone is 1. The van der Waals surface area contributed by atoms with Crippen molar-refractivity contribution in [1.82, 2.24) is 0 Å². The largest absolute Gasteiger partial charge is 0.482 e. The van der Waals surface area contributed by atoms with Gasteiger partial charge in [0, 0.05) is 18.2 Å². The van der Waals surface area contributed by atoms with E-state index in [0.717, 1.165) is 19.3 Å². The maximum absolute atomic E-state index is 12.0. The number of carboxylic acids is 1. The number of hydrogen-bond donors (Lipinski definition) is 2. The van der Waals surface area contributed by atoms with E-state index in [2.05, 4.69) is 11.4 Å². The summed E-state index contributed by atoms with van der Waals surface area (Å²) in [5.74, 6) is -0.667. The van der Waals surface area contributed by atoms with Crippen LogP contribution in [-0.4, -0.2) is 23.6 Å². The van der Waals surface area contributed by atoms with Crippen molar-refractivity contribution in [1.29, 1.82) is 0 Å². The molecular weight excluding hydrogens is 270 g/mol. The molecule has 1 aliphatic carbocycles. The number of carbonyl (C=O) groups excluding carboxylic acids is 1. The Balaban J connectivity index is 1.89. The fourth-order valence-corrected chi connectivity index (χ4v) is 2.29. The van der Waals surface area contributed by atoms with Crippen molar-refractivity contribution < 1.29 is 19.4 Å². The highest BCUT2D eigenvalue weighted by Crippen LogP contribution is 2.22. The van der Waals surface area contributed by atoms with E-state index in [1.807, 2.05) is 0 Å². The molecule has 5 nitrogen and oxygen atoms in total. The zero-order valence-electron chi connectivity index (χ0n) is 11.8. The first-order valence-electron chi connectivity index (χ1n) is 7.06. The Morgan fingerprint density at radius 2 is 2.14 bits per heavy atom. The Morgan fingerprint density at radius 3 is 2.86 bits per heavy atom. The van der Waals surface area contributed by atoms with Gasteiger partial charge in [0.1, 0.15) is 5.75 Å². The Hall–Kier alpha value is -2.30. The van der Waals surface area contributed by atoms with Gasteiger partial charge in [0.15, 0.2) is 6.61 Å². The van der Waals surface area contributed by atoms with Crippen LogP contribution in [0.4, 0.5) is 5.69 Å². The molecule has 0 aliphatic heterocycles. The minimum atomic E-state index is -1.03. The third kappa shape index (κ3) is 5.30. The second kappa shape index (κ2) is 7.47. The average molecular weight is 289 g/mol. The lowest BCUT2D eigenvalue weighted by atomic mass is 9.97. The maximum atomic E-state index is 12.0. The molecular formula is C16H19NO4. The molecule has 2 N–H and O–H groups in total. The number of ether oxygens (including phenoxy) is 1. The van der Waals surface area contributed by atoms with Gasteiger partial charge in [-0.1, -0.05) is 17.7 Å². The predicted octanol–water partition coefficient (Wildman–Crippen LogP) is 2.98. The number of benzene rings is 1. The van der Waals surface area contributed by atoms with Gasteiger partial charge in [-0.2, -0.15) is 0 Å². The molecule has 0 unspecified atom stereocenters.